The van der Waals surface area contributed by atoms with Crippen molar-refractivity contribution >= 4 is 38.5 Å². The lowest BCUT2D eigenvalue weighted by molar-refractivity contribution is -0.118. The van der Waals surface area contributed by atoms with Crippen molar-refractivity contribution < 1.29 is 23.1 Å². The molecule has 0 spiro atoms. The van der Waals surface area contributed by atoms with Crippen molar-refractivity contribution in [2.75, 3.05) is 31.7 Å². The number of anilines is 1. The van der Waals surface area contributed by atoms with Crippen LogP contribution >= 0.6 is 11.3 Å². The predicted octanol–water partition coefficient (Wildman–Crippen LogP) is 3.37. The Bertz CT molecular complexity index is 992. The van der Waals surface area contributed by atoms with Crippen LogP contribution < -0.4 is 10.2 Å². The maximum absolute atomic E-state index is 13.7. The number of carbonyl (C=O) groups excluding carboxylic acids is 2. The summed E-state index contributed by atoms with van der Waals surface area (Å²) in [5.41, 5.74) is 0.518. The summed E-state index contributed by atoms with van der Waals surface area (Å²) in [4.78, 5) is 30.8. The molecule has 0 unspecified atom stereocenters. The first-order valence-electron chi connectivity index (χ1n) is 8.87. The van der Waals surface area contributed by atoms with Crippen LogP contribution in [-0.4, -0.2) is 43.6 Å². The van der Waals surface area contributed by atoms with E-state index < -0.39 is 17.5 Å². The molecule has 0 fully saturated rings. The summed E-state index contributed by atoms with van der Waals surface area (Å²) in [5.74, 6) is -2.68. The maximum Gasteiger partial charge on any atom is 0.254 e. The van der Waals surface area contributed by atoms with Crippen LogP contribution in [0, 0.1) is 11.6 Å². The molecule has 1 aromatic heterocycles. The number of amides is 2. The van der Waals surface area contributed by atoms with Gasteiger partial charge in [-0.05, 0) is 24.3 Å². The predicted molar refractivity (Wildman–Crippen MR) is 107 cm³/mol. The number of thiazole rings is 1. The van der Waals surface area contributed by atoms with E-state index in [2.05, 4.69) is 10.3 Å². The molecule has 0 atom stereocenters. The summed E-state index contributed by atoms with van der Waals surface area (Å²) in [6.45, 7) is 0.646. The second-order valence-electron chi connectivity index (χ2n) is 6.13. The molecular weight excluding hydrogens is 400 g/mol. The molecular formula is C20H19F2N3O3S. The maximum atomic E-state index is 13.7. The average Bonchev–Trinajstić information content (AvgIpc) is 3.12. The van der Waals surface area contributed by atoms with Gasteiger partial charge < -0.3 is 10.1 Å². The van der Waals surface area contributed by atoms with Crippen molar-refractivity contribution in [1.82, 2.24) is 10.3 Å². The van der Waals surface area contributed by atoms with Crippen LogP contribution in [0.2, 0.25) is 0 Å². The number of hydrogen-bond acceptors (Lipinski definition) is 5. The number of carbonyl (C=O) groups is 2. The molecule has 6 nitrogen and oxygen atoms in total. The lowest BCUT2D eigenvalue weighted by atomic mass is 10.2. The second kappa shape index (κ2) is 9.53. The SMILES string of the molecule is COCCN(C(=O)CCNC(=O)c1ccc(F)cc1F)c1nc2ccccc2s1. The second-order valence-corrected chi connectivity index (χ2v) is 7.14. The number of nitrogens with zero attached hydrogens (tertiary/aromatic N) is 2. The van der Waals surface area contributed by atoms with Crippen molar-refractivity contribution in [3.8, 4) is 0 Å². The summed E-state index contributed by atoms with van der Waals surface area (Å²) in [6.07, 6.45) is -0.00576. The molecule has 0 saturated carbocycles. The minimum atomic E-state index is -0.954. The minimum Gasteiger partial charge on any atom is -0.383 e. The number of ether oxygens (including phenoxy) is 1. The first-order chi connectivity index (χ1) is 14.0. The summed E-state index contributed by atoms with van der Waals surface area (Å²) in [6, 6.07) is 10.3. The Labute approximate surface area is 170 Å². The third-order valence-electron chi connectivity index (χ3n) is 4.13. The van der Waals surface area contributed by atoms with Gasteiger partial charge in [0.2, 0.25) is 5.91 Å². The van der Waals surface area contributed by atoms with E-state index in [4.69, 9.17) is 4.74 Å². The van der Waals surface area contributed by atoms with E-state index in [9.17, 15) is 18.4 Å². The zero-order valence-corrected chi connectivity index (χ0v) is 16.5. The van der Waals surface area contributed by atoms with E-state index in [0.717, 1.165) is 22.3 Å². The number of para-hydroxylation sites is 1. The molecule has 0 aliphatic rings. The fourth-order valence-electron chi connectivity index (χ4n) is 2.67. The molecule has 2 aromatic carbocycles. The van der Waals surface area contributed by atoms with Gasteiger partial charge in [0.05, 0.1) is 28.9 Å². The van der Waals surface area contributed by atoms with Gasteiger partial charge >= 0.3 is 0 Å². The van der Waals surface area contributed by atoms with Crippen molar-refractivity contribution in [1.29, 1.82) is 0 Å². The number of aromatic nitrogens is 1. The van der Waals surface area contributed by atoms with Gasteiger partial charge in [-0.3, -0.25) is 14.5 Å². The first kappa shape index (κ1) is 20.8. The third-order valence-corrected chi connectivity index (χ3v) is 5.19. The van der Waals surface area contributed by atoms with Gasteiger partial charge in [-0.1, -0.05) is 23.5 Å². The average molecular weight is 419 g/mol. The zero-order chi connectivity index (χ0) is 20.8. The Morgan fingerprint density at radius 3 is 2.72 bits per heavy atom. The number of fused-ring (bicyclic) bond motifs is 1. The highest BCUT2D eigenvalue weighted by molar-refractivity contribution is 7.22. The highest BCUT2D eigenvalue weighted by atomic mass is 32.1. The van der Waals surface area contributed by atoms with Gasteiger partial charge in [0.25, 0.3) is 5.91 Å². The Morgan fingerprint density at radius 1 is 1.21 bits per heavy atom. The minimum absolute atomic E-state index is 0.00284. The molecule has 1 N–H and O–H groups in total. The quantitative estimate of drug-likeness (QED) is 0.608. The van der Waals surface area contributed by atoms with Crippen LogP contribution in [0.3, 0.4) is 0 Å². The summed E-state index contributed by atoms with van der Waals surface area (Å²) in [5, 5.41) is 3.03. The molecule has 0 bridgehead atoms. The molecule has 29 heavy (non-hydrogen) atoms. The van der Waals surface area contributed by atoms with Crippen molar-refractivity contribution in [3.63, 3.8) is 0 Å². The first-order valence-corrected chi connectivity index (χ1v) is 9.69. The van der Waals surface area contributed by atoms with Gasteiger partial charge in [-0.25, -0.2) is 13.8 Å². The number of rotatable bonds is 8. The van der Waals surface area contributed by atoms with Gasteiger partial charge in [0, 0.05) is 26.1 Å². The summed E-state index contributed by atoms with van der Waals surface area (Å²) >= 11 is 1.39. The van der Waals surface area contributed by atoms with Crippen molar-refractivity contribution in [3.05, 3.63) is 59.7 Å². The summed E-state index contributed by atoms with van der Waals surface area (Å²) in [7, 11) is 1.54. The van der Waals surface area contributed by atoms with Gasteiger partial charge in [0.15, 0.2) is 5.13 Å². The molecule has 3 rings (SSSR count). The molecule has 0 aliphatic heterocycles. The number of nitrogens with one attached hydrogen (secondary N) is 1. The lowest BCUT2D eigenvalue weighted by Crippen LogP contribution is -2.36. The Morgan fingerprint density at radius 2 is 2.00 bits per heavy atom. The van der Waals surface area contributed by atoms with Gasteiger partial charge in [-0.15, -0.1) is 0 Å². The van der Waals surface area contributed by atoms with Gasteiger partial charge in [-0.2, -0.15) is 0 Å². The van der Waals surface area contributed by atoms with Crippen LogP contribution in [0.15, 0.2) is 42.5 Å². The summed E-state index contributed by atoms with van der Waals surface area (Å²) < 4.78 is 32.7. The van der Waals surface area contributed by atoms with E-state index in [0.29, 0.717) is 24.3 Å². The highest BCUT2D eigenvalue weighted by Gasteiger charge is 2.20. The molecule has 3 aromatic rings. The van der Waals surface area contributed by atoms with Gasteiger partial charge in [0.1, 0.15) is 11.6 Å². The van der Waals surface area contributed by atoms with Crippen LogP contribution in [0.5, 0.6) is 0 Å². The Kier molecular flexibility index (Phi) is 6.84. The molecule has 0 aliphatic carbocycles. The van der Waals surface area contributed by atoms with E-state index in [1.54, 1.807) is 7.11 Å². The van der Waals surface area contributed by atoms with E-state index >= 15 is 0 Å². The monoisotopic (exact) mass is 419 g/mol. The molecule has 9 heteroatoms. The number of halogens is 2. The number of benzene rings is 2. The van der Waals surface area contributed by atoms with E-state index in [1.807, 2.05) is 24.3 Å². The smallest absolute Gasteiger partial charge is 0.254 e. The topological polar surface area (TPSA) is 71.5 Å². The Balaban J connectivity index is 1.64. The van der Waals surface area contributed by atoms with Crippen LogP contribution in [0.4, 0.5) is 13.9 Å². The molecule has 1 heterocycles. The molecule has 0 radical (unpaired) electrons. The molecule has 2 amide bonds. The number of methoxy groups -OCH3 is 1. The van der Waals surface area contributed by atoms with E-state index in [1.165, 1.54) is 16.2 Å². The standard InChI is InChI=1S/C20H19F2N3O3S/c1-28-11-10-25(20-24-16-4-2-3-5-17(16)29-20)18(26)8-9-23-19(27)14-7-6-13(21)12-15(14)22/h2-7,12H,8-11H2,1H3,(H,23,27). The fraction of sp³-hybridized carbons (Fsp3) is 0.250. The third kappa shape index (κ3) is 5.12. The molecule has 0 saturated heterocycles. The largest absolute Gasteiger partial charge is 0.383 e. The zero-order valence-electron chi connectivity index (χ0n) is 15.7. The lowest BCUT2D eigenvalue weighted by Gasteiger charge is -2.19. The van der Waals surface area contributed by atoms with Crippen molar-refractivity contribution in [2.45, 2.75) is 6.42 Å². The van der Waals surface area contributed by atoms with Crippen LogP contribution in [0.25, 0.3) is 10.2 Å². The fourth-order valence-corrected chi connectivity index (χ4v) is 3.68. The van der Waals surface area contributed by atoms with E-state index in [-0.39, 0.29) is 24.4 Å². The Hall–Kier alpha value is -2.91. The van der Waals surface area contributed by atoms with Crippen LogP contribution in [-0.2, 0) is 9.53 Å². The number of hydrogen-bond donors (Lipinski definition) is 1. The normalized spacial score (nSPS) is 10.9. The molecule has 152 valence electrons. The van der Waals surface area contributed by atoms with Crippen molar-refractivity contribution in [2.24, 2.45) is 0 Å². The van der Waals surface area contributed by atoms with Crippen LogP contribution in [0.1, 0.15) is 16.8 Å². The highest BCUT2D eigenvalue weighted by Crippen LogP contribution is 2.28.